The van der Waals surface area contributed by atoms with E-state index in [1.165, 1.54) is 5.56 Å². The molecule has 0 spiro atoms. The van der Waals surface area contributed by atoms with Crippen LogP contribution >= 0.6 is 0 Å². The van der Waals surface area contributed by atoms with Crippen LogP contribution in [0.4, 0.5) is 0 Å². The number of hydrogen-bond donors (Lipinski definition) is 1. The van der Waals surface area contributed by atoms with E-state index in [4.69, 9.17) is 0 Å². The van der Waals surface area contributed by atoms with Crippen LogP contribution in [0.1, 0.15) is 12.0 Å². The molecule has 2 nitrogen and oxygen atoms in total. The van der Waals surface area contributed by atoms with E-state index in [-0.39, 0.29) is 5.91 Å². The molecule has 1 aromatic carbocycles. The Hall–Kier alpha value is -1.31. The lowest BCUT2D eigenvalue weighted by Gasteiger charge is -2.26. The van der Waals surface area contributed by atoms with Crippen LogP contribution < -0.4 is 5.32 Å². The molecule has 62 valence electrons. The summed E-state index contributed by atoms with van der Waals surface area (Å²) in [5.41, 5.74) is 1.29. The lowest BCUT2D eigenvalue weighted by Crippen LogP contribution is -2.49. The Morgan fingerprint density at radius 1 is 1.33 bits per heavy atom. The fourth-order valence-electron chi connectivity index (χ4n) is 1.45. The van der Waals surface area contributed by atoms with E-state index >= 15 is 0 Å². The number of amides is 1. The Morgan fingerprint density at radius 2 is 2.00 bits per heavy atom. The molecule has 12 heavy (non-hydrogen) atoms. The molecule has 2 rings (SSSR count). The van der Waals surface area contributed by atoms with E-state index in [1.807, 2.05) is 18.2 Å². The van der Waals surface area contributed by atoms with Crippen molar-refractivity contribution in [2.75, 3.05) is 0 Å². The number of rotatable bonds is 2. The molecule has 0 aliphatic carbocycles. The van der Waals surface area contributed by atoms with Gasteiger partial charge in [-0.1, -0.05) is 30.3 Å². The predicted octanol–water partition coefficient (Wildman–Crippen LogP) is 1.12. The largest absolute Gasteiger partial charge is 0.352 e. The van der Waals surface area contributed by atoms with Crippen LogP contribution in [-0.2, 0) is 11.2 Å². The standard InChI is InChI=1S/C10H11NO/c12-10-7-9(11-10)6-8-4-2-1-3-5-8/h1-5,9H,6-7H2,(H,11,12). The van der Waals surface area contributed by atoms with Crippen molar-refractivity contribution >= 4 is 5.91 Å². The average Bonchev–Trinajstić information content (AvgIpc) is 2.04. The van der Waals surface area contributed by atoms with Crippen molar-refractivity contribution in [1.82, 2.24) is 5.32 Å². The smallest absolute Gasteiger partial charge is 0.222 e. The molecule has 1 saturated heterocycles. The van der Waals surface area contributed by atoms with E-state index < -0.39 is 0 Å². The topological polar surface area (TPSA) is 29.1 Å². The first kappa shape index (κ1) is 7.35. The van der Waals surface area contributed by atoms with E-state index in [0.717, 1.165) is 6.42 Å². The third kappa shape index (κ3) is 1.47. The van der Waals surface area contributed by atoms with Crippen LogP contribution in [-0.4, -0.2) is 11.9 Å². The predicted molar refractivity (Wildman–Crippen MR) is 46.7 cm³/mol. The molecule has 1 aromatic rings. The maximum Gasteiger partial charge on any atom is 0.222 e. The van der Waals surface area contributed by atoms with E-state index in [2.05, 4.69) is 17.4 Å². The maximum absolute atomic E-state index is 10.6. The summed E-state index contributed by atoms with van der Waals surface area (Å²) in [5.74, 6) is 0.177. The minimum atomic E-state index is 0.177. The molecule has 0 saturated carbocycles. The summed E-state index contributed by atoms with van der Waals surface area (Å²) in [7, 11) is 0. The van der Waals surface area contributed by atoms with Crippen LogP contribution in [0.15, 0.2) is 30.3 Å². The molecule has 0 radical (unpaired) electrons. The second-order valence-electron chi connectivity index (χ2n) is 3.16. The zero-order valence-corrected chi connectivity index (χ0v) is 6.79. The summed E-state index contributed by atoms with van der Waals surface area (Å²) in [4.78, 5) is 10.6. The van der Waals surface area contributed by atoms with Gasteiger partial charge in [-0.05, 0) is 12.0 Å². The van der Waals surface area contributed by atoms with Gasteiger partial charge in [-0.2, -0.15) is 0 Å². The third-order valence-corrected chi connectivity index (χ3v) is 2.12. The van der Waals surface area contributed by atoms with Gasteiger partial charge in [0.2, 0.25) is 5.91 Å². The minimum absolute atomic E-state index is 0.177. The first-order valence-corrected chi connectivity index (χ1v) is 4.18. The monoisotopic (exact) mass is 161 g/mol. The fraction of sp³-hybridized carbons (Fsp3) is 0.300. The normalized spacial score (nSPS) is 21.3. The summed E-state index contributed by atoms with van der Waals surface area (Å²) < 4.78 is 0. The fourth-order valence-corrected chi connectivity index (χ4v) is 1.45. The van der Waals surface area contributed by atoms with Crippen molar-refractivity contribution in [2.24, 2.45) is 0 Å². The molecular weight excluding hydrogens is 150 g/mol. The number of carbonyl (C=O) groups excluding carboxylic acids is 1. The summed E-state index contributed by atoms with van der Waals surface area (Å²) in [5, 5.41) is 2.85. The Kier molecular flexibility index (Phi) is 1.82. The zero-order valence-electron chi connectivity index (χ0n) is 6.79. The number of benzene rings is 1. The first-order valence-electron chi connectivity index (χ1n) is 4.18. The molecule has 0 bridgehead atoms. The summed E-state index contributed by atoms with van der Waals surface area (Å²) in [6.45, 7) is 0. The van der Waals surface area contributed by atoms with Gasteiger partial charge >= 0.3 is 0 Å². The van der Waals surface area contributed by atoms with Gasteiger partial charge in [-0.15, -0.1) is 0 Å². The average molecular weight is 161 g/mol. The van der Waals surface area contributed by atoms with Crippen molar-refractivity contribution in [1.29, 1.82) is 0 Å². The van der Waals surface area contributed by atoms with Gasteiger partial charge < -0.3 is 5.32 Å². The van der Waals surface area contributed by atoms with Crippen LogP contribution in [0.2, 0.25) is 0 Å². The Morgan fingerprint density at radius 3 is 2.58 bits per heavy atom. The Balaban J connectivity index is 1.92. The molecule has 1 fully saturated rings. The first-order chi connectivity index (χ1) is 5.84. The molecule has 1 aliphatic heterocycles. The Bertz CT molecular complexity index is 273. The molecule has 0 aromatic heterocycles. The highest BCUT2D eigenvalue weighted by Gasteiger charge is 2.24. The Labute approximate surface area is 71.6 Å². The van der Waals surface area contributed by atoms with E-state index in [1.54, 1.807) is 0 Å². The third-order valence-electron chi connectivity index (χ3n) is 2.12. The van der Waals surface area contributed by atoms with Crippen LogP contribution in [0.3, 0.4) is 0 Å². The minimum Gasteiger partial charge on any atom is -0.352 e. The van der Waals surface area contributed by atoms with Gasteiger partial charge in [0.05, 0.1) is 0 Å². The van der Waals surface area contributed by atoms with Crippen molar-refractivity contribution in [2.45, 2.75) is 18.9 Å². The van der Waals surface area contributed by atoms with Crippen molar-refractivity contribution in [3.05, 3.63) is 35.9 Å². The van der Waals surface area contributed by atoms with Crippen molar-refractivity contribution in [3.63, 3.8) is 0 Å². The number of hydrogen-bond acceptors (Lipinski definition) is 1. The van der Waals surface area contributed by atoms with Gasteiger partial charge in [0, 0.05) is 12.5 Å². The van der Waals surface area contributed by atoms with Crippen molar-refractivity contribution < 1.29 is 4.79 Å². The van der Waals surface area contributed by atoms with Crippen LogP contribution in [0, 0.1) is 0 Å². The molecule has 2 heteroatoms. The van der Waals surface area contributed by atoms with Gasteiger partial charge in [0.15, 0.2) is 0 Å². The molecule has 1 N–H and O–H groups in total. The molecule has 1 amide bonds. The number of β-lactam (4-membered cyclic amide) rings is 1. The SMILES string of the molecule is O=C1CC(Cc2ccccc2)N1. The lowest BCUT2D eigenvalue weighted by molar-refractivity contribution is -0.128. The number of carbonyl (C=O) groups is 1. The summed E-state index contributed by atoms with van der Waals surface area (Å²) in [6.07, 6.45) is 1.65. The van der Waals surface area contributed by atoms with E-state index in [0.29, 0.717) is 12.5 Å². The lowest BCUT2D eigenvalue weighted by atomic mass is 9.98. The quantitative estimate of drug-likeness (QED) is 0.647. The van der Waals surface area contributed by atoms with Crippen LogP contribution in [0.25, 0.3) is 0 Å². The highest BCUT2D eigenvalue weighted by Crippen LogP contribution is 2.11. The summed E-state index contributed by atoms with van der Waals surface area (Å²) >= 11 is 0. The van der Waals surface area contributed by atoms with Crippen molar-refractivity contribution in [3.8, 4) is 0 Å². The van der Waals surface area contributed by atoms with Gasteiger partial charge in [-0.25, -0.2) is 0 Å². The summed E-state index contributed by atoms with van der Waals surface area (Å²) in [6, 6.07) is 10.6. The highest BCUT2D eigenvalue weighted by atomic mass is 16.2. The number of nitrogens with one attached hydrogen (secondary N) is 1. The van der Waals surface area contributed by atoms with Gasteiger partial charge in [0.1, 0.15) is 0 Å². The van der Waals surface area contributed by atoms with Crippen LogP contribution in [0.5, 0.6) is 0 Å². The van der Waals surface area contributed by atoms with Gasteiger partial charge in [-0.3, -0.25) is 4.79 Å². The molecule has 1 atom stereocenters. The second-order valence-corrected chi connectivity index (χ2v) is 3.16. The highest BCUT2D eigenvalue weighted by molar-refractivity contribution is 5.82. The molecular formula is C10H11NO. The van der Waals surface area contributed by atoms with E-state index in [9.17, 15) is 4.79 Å². The second kappa shape index (κ2) is 2.97. The molecule has 1 aliphatic rings. The molecule has 1 heterocycles. The maximum atomic E-state index is 10.6. The van der Waals surface area contributed by atoms with Gasteiger partial charge in [0.25, 0.3) is 0 Å². The zero-order chi connectivity index (χ0) is 8.39. The molecule has 1 unspecified atom stereocenters.